The van der Waals surface area contributed by atoms with Crippen molar-refractivity contribution in [1.29, 1.82) is 0 Å². The van der Waals surface area contributed by atoms with Gasteiger partial charge in [0.05, 0.1) is 12.3 Å². The molecule has 2 heterocycles. The average molecular weight is 412 g/mol. The molecule has 0 amide bonds. The van der Waals surface area contributed by atoms with Gasteiger partial charge in [0.25, 0.3) is 0 Å². The Morgan fingerprint density at radius 2 is 2.00 bits per heavy atom. The van der Waals surface area contributed by atoms with E-state index < -0.39 is 0 Å². The van der Waals surface area contributed by atoms with Crippen LogP contribution in [-0.4, -0.2) is 34.1 Å². The van der Waals surface area contributed by atoms with Gasteiger partial charge in [0.15, 0.2) is 0 Å². The molecule has 0 spiro atoms. The maximum absolute atomic E-state index is 10.8. The molecule has 8 heteroatoms. The minimum absolute atomic E-state index is 0.271. The SMILES string of the molecule is CC(=O)OCCCNc1nccc(-c2ccnc(Nc3cccc(Cl)c3)n2)c1C. The zero-order valence-electron chi connectivity index (χ0n) is 16.3. The summed E-state index contributed by atoms with van der Waals surface area (Å²) in [4.78, 5) is 24.1. The Bertz CT molecular complexity index is 996. The standard InChI is InChI=1S/C21H22ClN5O2/c1-14-18(7-10-24-20(14)23-9-4-12-29-15(2)28)19-8-11-25-21(27-19)26-17-6-3-5-16(22)13-17/h3,5-8,10-11,13H,4,9,12H2,1-2H3,(H,23,24)(H,25,26,27). The molecule has 150 valence electrons. The summed E-state index contributed by atoms with van der Waals surface area (Å²) in [7, 11) is 0. The lowest BCUT2D eigenvalue weighted by Gasteiger charge is -2.13. The highest BCUT2D eigenvalue weighted by Crippen LogP contribution is 2.26. The Labute approximate surface area is 174 Å². The van der Waals surface area contributed by atoms with Crippen molar-refractivity contribution in [3.05, 3.63) is 59.4 Å². The number of rotatable bonds is 8. The van der Waals surface area contributed by atoms with Gasteiger partial charge in [-0.2, -0.15) is 0 Å². The van der Waals surface area contributed by atoms with E-state index in [1.807, 2.05) is 43.3 Å². The van der Waals surface area contributed by atoms with Crippen LogP contribution in [0.2, 0.25) is 5.02 Å². The summed E-state index contributed by atoms with van der Waals surface area (Å²) in [6.07, 6.45) is 4.15. The predicted octanol–water partition coefficient (Wildman–Crippen LogP) is 4.61. The number of pyridine rings is 1. The van der Waals surface area contributed by atoms with Crippen LogP contribution >= 0.6 is 11.6 Å². The van der Waals surface area contributed by atoms with Crippen molar-refractivity contribution in [3.63, 3.8) is 0 Å². The highest BCUT2D eigenvalue weighted by atomic mass is 35.5. The third-order valence-electron chi connectivity index (χ3n) is 4.14. The molecule has 1 aromatic carbocycles. The number of nitrogens with one attached hydrogen (secondary N) is 2. The number of halogens is 1. The van der Waals surface area contributed by atoms with E-state index in [-0.39, 0.29) is 5.97 Å². The van der Waals surface area contributed by atoms with Crippen LogP contribution in [0, 0.1) is 6.92 Å². The number of aromatic nitrogens is 3. The van der Waals surface area contributed by atoms with Gasteiger partial charge >= 0.3 is 5.97 Å². The van der Waals surface area contributed by atoms with Crippen LogP contribution in [0.4, 0.5) is 17.5 Å². The number of anilines is 3. The summed E-state index contributed by atoms with van der Waals surface area (Å²) in [5, 5.41) is 7.09. The van der Waals surface area contributed by atoms with Gasteiger partial charge in [0.1, 0.15) is 5.82 Å². The number of carbonyl (C=O) groups excluding carboxylic acids is 1. The molecule has 3 rings (SSSR count). The van der Waals surface area contributed by atoms with Crippen molar-refractivity contribution in [3.8, 4) is 11.3 Å². The summed E-state index contributed by atoms with van der Waals surface area (Å²) in [6, 6.07) is 11.2. The molecule has 7 nitrogen and oxygen atoms in total. The van der Waals surface area contributed by atoms with E-state index in [9.17, 15) is 4.79 Å². The number of hydrogen-bond donors (Lipinski definition) is 2. The average Bonchev–Trinajstić information content (AvgIpc) is 2.69. The van der Waals surface area contributed by atoms with Crippen LogP contribution in [0.1, 0.15) is 18.9 Å². The highest BCUT2D eigenvalue weighted by Gasteiger charge is 2.10. The fourth-order valence-corrected chi connectivity index (χ4v) is 2.94. The molecule has 0 fully saturated rings. The van der Waals surface area contributed by atoms with E-state index in [0.29, 0.717) is 30.5 Å². The maximum atomic E-state index is 10.8. The predicted molar refractivity (Wildman–Crippen MR) is 114 cm³/mol. The van der Waals surface area contributed by atoms with Crippen molar-refractivity contribution in [2.24, 2.45) is 0 Å². The summed E-state index contributed by atoms with van der Waals surface area (Å²) in [5.41, 5.74) is 3.54. The molecule has 0 atom stereocenters. The van der Waals surface area contributed by atoms with E-state index in [1.54, 1.807) is 12.4 Å². The van der Waals surface area contributed by atoms with E-state index in [2.05, 4.69) is 25.6 Å². The van der Waals surface area contributed by atoms with Crippen LogP contribution in [0.15, 0.2) is 48.8 Å². The van der Waals surface area contributed by atoms with Crippen LogP contribution in [-0.2, 0) is 9.53 Å². The van der Waals surface area contributed by atoms with E-state index in [1.165, 1.54) is 6.92 Å². The Kier molecular flexibility index (Phi) is 6.97. The lowest BCUT2D eigenvalue weighted by atomic mass is 10.1. The summed E-state index contributed by atoms with van der Waals surface area (Å²) in [5.74, 6) is 0.984. The van der Waals surface area contributed by atoms with Gasteiger partial charge in [-0.3, -0.25) is 4.79 Å². The quantitative estimate of drug-likeness (QED) is 0.413. The molecular formula is C21H22ClN5O2. The highest BCUT2D eigenvalue weighted by molar-refractivity contribution is 6.30. The van der Waals surface area contributed by atoms with E-state index in [0.717, 1.165) is 28.3 Å². The summed E-state index contributed by atoms with van der Waals surface area (Å²) < 4.78 is 4.94. The molecule has 0 bridgehead atoms. The van der Waals surface area contributed by atoms with Crippen LogP contribution in [0.3, 0.4) is 0 Å². The first-order valence-electron chi connectivity index (χ1n) is 9.22. The van der Waals surface area contributed by atoms with Gasteiger partial charge in [0, 0.05) is 47.7 Å². The monoisotopic (exact) mass is 411 g/mol. The molecule has 2 aromatic heterocycles. The molecule has 29 heavy (non-hydrogen) atoms. The Morgan fingerprint density at radius 1 is 1.17 bits per heavy atom. The largest absolute Gasteiger partial charge is 0.466 e. The minimum Gasteiger partial charge on any atom is -0.466 e. The minimum atomic E-state index is -0.271. The van der Waals surface area contributed by atoms with Gasteiger partial charge in [-0.05, 0) is 43.7 Å². The van der Waals surface area contributed by atoms with Gasteiger partial charge in [-0.15, -0.1) is 0 Å². The second-order valence-corrected chi connectivity index (χ2v) is 6.79. The van der Waals surface area contributed by atoms with Gasteiger partial charge in [-0.1, -0.05) is 17.7 Å². The lowest BCUT2D eigenvalue weighted by molar-refractivity contribution is -0.140. The smallest absolute Gasteiger partial charge is 0.302 e. The number of benzene rings is 1. The zero-order valence-corrected chi connectivity index (χ0v) is 17.0. The lowest BCUT2D eigenvalue weighted by Crippen LogP contribution is -2.10. The molecule has 0 aliphatic heterocycles. The summed E-state index contributed by atoms with van der Waals surface area (Å²) >= 11 is 6.03. The van der Waals surface area contributed by atoms with Gasteiger partial charge in [-0.25, -0.2) is 15.0 Å². The number of ether oxygens (including phenoxy) is 1. The number of carbonyl (C=O) groups is 1. The molecule has 0 unspecified atom stereocenters. The summed E-state index contributed by atoms with van der Waals surface area (Å²) in [6.45, 7) is 4.42. The first-order chi connectivity index (χ1) is 14.0. The van der Waals surface area contributed by atoms with Gasteiger partial charge < -0.3 is 15.4 Å². The zero-order chi connectivity index (χ0) is 20.6. The molecule has 0 radical (unpaired) electrons. The Morgan fingerprint density at radius 3 is 2.79 bits per heavy atom. The number of esters is 1. The Hall–Kier alpha value is -3.19. The second kappa shape index (κ2) is 9.84. The van der Waals surface area contributed by atoms with Crippen molar-refractivity contribution < 1.29 is 9.53 Å². The fourth-order valence-electron chi connectivity index (χ4n) is 2.75. The molecule has 0 aliphatic rings. The third kappa shape index (κ3) is 5.89. The second-order valence-electron chi connectivity index (χ2n) is 6.35. The molecule has 0 saturated heterocycles. The normalized spacial score (nSPS) is 10.4. The molecular weight excluding hydrogens is 390 g/mol. The first kappa shape index (κ1) is 20.5. The van der Waals surface area contributed by atoms with Crippen LogP contribution < -0.4 is 10.6 Å². The maximum Gasteiger partial charge on any atom is 0.302 e. The number of nitrogens with zero attached hydrogens (tertiary/aromatic N) is 3. The van der Waals surface area contributed by atoms with Crippen molar-refractivity contribution in [2.75, 3.05) is 23.8 Å². The fraction of sp³-hybridized carbons (Fsp3) is 0.238. The van der Waals surface area contributed by atoms with E-state index in [4.69, 9.17) is 16.3 Å². The molecule has 3 aromatic rings. The number of hydrogen-bond acceptors (Lipinski definition) is 7. The first-order valence-corrected chi connectivity index (χ1v) is 9.59. The molecule has 2 N–H and O–H groups in total. The third-order valence-corrected chi connectivity index (χ3v) is 4.37. The van der Waals surface area contributed by atoms with Crippen LogP contribution in [0.25, 0.3) is 11.3 Å². The Balaban J connectivity index is 1.72. The van der Waals surface area contributed by atoms with E-state index >= 15 is 0 Å². The van der Waals surface area contributed by atoms with Crippen molar-refractivity contribution >= 4 is 35.0 Å². The molecule has 0 aliphatic carbocycles. The van der Waals surface area contributed by atoms with Gasteiger partial charge in [0.2, 0.25) is 5.95 Å². The molecule has 0 saturated carbocycles. The van der Waals surface area contributed by atoms with Crippen molar-refractivity contribution in [1.82, 2.24) is 15.0 Å². The van der Waals surface area contributed by atoms with Crippen LogP contribution in [0.5, 0.6) is 0 Å². The topological polar surface area (TPSA) is 89.0 Å². The van der Waals surface area contributed by atoms with Crippen molar-refractivity contribution in [2.45, 2.75) is 20.3 Å².